The minimum absolute atomic E-state index is 0.347. The fourth-order valence-electron chi connectivity index (χ4n) is 3.09. The van der Waals surface area contributed by atoms with E-state index in [9.17, 15) is 9.59 Å². The van der Waals surface area contributed by atoms with Crippen LogP contribution in [0.25, 0.3) is 0 Å². The average molecular weight is 519 g/mol. The molecule has 4 aromatic rings. The van der Waals surface area contributed by atoms with Crippen molar-refractivity contribution in [3.05, 3.63) is 129 Å². The molecular weight excluding hydrogens is 499 g/mol. The highest BCUT2D eigenvalue weighted by Crippen LogP contribution is 2.17. The van der Waals surface area contributed by atoms with Gasteiger partial charge in [-0.25, -0.2) is 10.2 Å². The number of hydrazone groups is 1. The molecule has 0 bridgehead atoms. The highest BCUT2D eigenvalue weighted by molar-refractivity contribution is 6.30. The molecule has 0 radical (unpaired) electrons. The number of halogens is 2. The molecule has 0 aliphatic heterocycles. The normalized spacial score (nSPS) is 10.7. The van der Waals surface area contributed by atoms with Crippen LogP contribution in [0.4, 0.5) is 0 Å². The first-order valence-corrected chi connectivity index (χ1v) is 11.6. The third-order valence-electron chi connectivity index (χ3n) is 4.96. The summed E-state index contributed by atoms with van der Waals surface area (Å²) in [5.74, 6) is 0.102. The molecule has 6 nitrogen and oxygen atoms in total. The maximum absolute atomic E-state index is 12.4. The van der Waals surface area contributed by atoms with E-state index in [1.807, 2.05) is 12.1 Å². The summed E-state index contributed by atoms with van der Waals surface area (Å²) in [6.45, 7) is 0.390. The van der Waals surface area contributed by atoms with E-state index in [4.69, 9.17) is 32.7 Å². The molecule has 0 unspecified atom stereocenters. The molecule has 0 spiro atoms. The second-order valence-electron chi connectivity index (χ2n) is 7.61. The number of carbonyl (C=O) groups is 2. The summed E-state index contributed by atoms with van der Waals surface area (Å²) >= 11 is 11.7. The molecule has 0 aliphatic rings. The van der Waals surface area contributed by atoms with Crippen molar-refractivity contribution in [2.24, 2.45) is 5.10 Å². The Bertz CT molecular complexity index is 1370. The molecule has 180 valence electrons. The largest absolute Gasteiger partial charge is 0.489 e. The molecule has 1 amide bonds. The third-order valence-corrected chi connectivity index (χ3v) is 5.47. The van der Waals surface area contributed by atoms with Crippen molar-refractivity contribution >= 4 is 41.3 Å². The molecule has 0 heterocycles. The zero-order valence-electron chi connectivity index (χ0n) is 18.9. The van der Waals surface area contributed by atoms with Crippen LogP contribution >= 0.6 is 23.2 Å². The number of nitrogens with one attached hydrogen (secondary N) is 1. The van der Waals surface area contributed by atoms with Crippen LogP contribution in [0.1, 0.15) is 31.8 Å². The predicted octanol–water partition coefficient (Wildman–Crippen LogP) is 6.56. The van der Waals surface area contributed by atoms with Gasteiger partial charge in [0.05, 0.1) is 11.8 Å². The van der Waals surface area contributed by atoms with Gasteiger partial charge in [0.1, 0.15) is 18.1 Å². The van der Waals surface area contributed by atoms with Crippen LogP contribution in [-0.4, -0.2) is 18.1 Å². The van der Waals surface area contributed by atoms with Gasteiger partial charge in [0.2, 0.25) is 0 Å². The molecule has 1 N–H and O–H groups in total. The lowest BCUT2D eigenvalue weighted by atomic mass is 10.2. The fourth-order valence-corrected chi connectivity index (χ4v) is 3.34. The Morgan fingerprint density at radius 1 is 0.778 bits per heavy atom. The van der Waals surface area contributed by atoms with Crippen molar-refractivity contribution in [1.82, 2.24) is 5.43 Å². The van der Waals surface area contributed by atoms with Gasteiger partial charge in [-0.3, -0.25) is 4.79 Å². The summed E-state index contributed by atoms with van der Waals surface area (Å²) in [6.07, 6.45) is 1.46. The smallest absolute Gasteiger partial charge is 0.343 e. The average Bonchev–Trinajstić information content (AvgIpc) is 2.89. The second kappa shape index (κ2) is 12.0. The molecule has 0 saturated carbocycles. The molecule has 0 aliphatic carbocycles. The van der Waals surface area contributed by atoms with Crippen LogP contribution in [-0.2, 0) is 6.61 Å². The number of amides is 1. The van der Waals surface area contributed by atoms with Gasteiger partial charge in [0.15, 0.2) is 0 Å². The van der Waals surface area contributed by atoms with Crippen molar-refractivity contribution in [1.29, 1.82) is 0 Å². The molecule has 0 saturated heterocycles. The Morgan fingerprint density at radius 2 is 1.42 bits per heavy atom. The maximum atomic E-state index is 12.4. The van der Waals surface area contributed by atoms with Crippen LogP contribution in [0.15, 0.2) is 102 Å². The van der Waals surface area contributed by atoms with Gasteiger partial charge in [-0.1, -0.05) is 47.5 Å². The SMILES string of the molecule is O=C(N/N=C/c1cccc(OC(=O)c2ccc(Cl)cc2)c1)c1ccc(OCc2ccc(Cl)cc2)cc1. The molecular formula is C28H20Cl2N2O4. The van der Waals surface area contributed by atoms with Crippen LogP contribution < -0.4 is 14.9 Å². The van der Waals surface area contributed by atoms with E-state index in [1.54, 1.807) is 84.9 Å². The van der Waals surface area contributed by atoms with Crippen LogP contribution in [0, 0.1) is 0 Å². The van der Waals surface area contributed by atoms with Crippen molar-refractivity contribution in [2.75, 3.05) is 0 Å². The van der Waals surface area contributed by atoms with E-state index in [2.05, 4.69) is 10.5 Å². The minimum atomic E-state index is -0.505. The first-order valence-electron chi connectivity index (χ1n) is 10.8. The number of rotatable bonds is 8. The molecule has 0 fully saturated rings. The summed E-state index contributed by atoms with van der Waals surface area (Å²) in [6, 6.07) is 27.3. The lowest BCUT2D eigenvalue weighted by molar-refractivity contribution is 0.0734. The Balaban J connectivity index is 1.29. The number of nitrogens with zero attached hydrogens (tertiary/aromatic N) is 1. The Kier molecular flexibility index (Phi) is 8.34. The lowest BCUT2D eigenvalue weighted by Gasteiger charge is -2.07. The predicted molar refractivity (Wildman–Crippen MR) is 140 cm³/mol. The topological polar surface area (TPSA) is 77.0 Å². The number of esters is 1. The third kappa shape index (κ3) is 7.18. The van der Waals surface area contributed by atoms with E-state index in [0.29, 0.717) is 44.8 Å². The molecule has 4 aromatic carbocycles. The van der Waals surface area contributed by atoms with E-state index in [0.717, 1.165) is 5.56 Å². The number of hydrogen-bond donors (Lipinski definition) is 1. The Labute approximate surface area is 218 Å². The highest BCUT2D eigenvalue weighted by Gasteiger charge is 2.09. The van der Waals surface area contributed by atoms with Gasteiger partial charge in [0, 0.05) is 15.6 Å². The summed E-state index contributed by atoms with van der Waals surface area (Å²) in [7, 11) is 0. The number of benzene rings is 4. The Morgan fingerprint density at radius 3 is 2.11 bits per heavy atom. The van der Waals surface area contributed by atoms with Gasteiger partial charge in [-0.15, -0.1) is 0 Å². The summed E-state index contributed by atoms with van der Waals surface area (Å²) in [5, 5.41) is 5.19. The fraction of sp³-hybridized carbons (Fsp3) is 0.0357. The molecule has 8 heteroatoms. The molecule has 0 atom stereocenters. The van der Waals surface area contributed by atoms with Crippen molar-refractivity contribution < 1.29 is 19.1 Å². The zero-order chi connectivity index (χ0) is 25.3. The van der Waals surface area contributed by atoms with E-state index >= 15 is 0 Å². The highest BCUT2D eigenvalue weighted by atomic mass is 35.5. The van der Waals surface area contributed by atoms with E-state index in [1.165, 1.54) is 6.21 Å². The molecule has 0 aromatic heterocycles. The van der Waals surface area contributed by atoms with Crippen LogP contribution in [0.3, 0.4) is 0 Å². The van der Waals surface area contributed by atoms with Gasteiger partial charge >= 0.3 is 5.97 Å². The molecule has 4 rings (SSSR count). The summed E-state index contributed by atoms with van der Waals surface area (Å²) < 4.78 is 11.1. The maximum Gasteiger partial charge on any atom is 0.343 e. The van der Waals surface area contributed by atoms with Gasteiger partial charge in [-0.05, 0) is 83.9 Å². The Hall–Kier alpha value is -4.13. The van der Waals surface area contributed by atoms with E-state index in [-0.39, 0.29) is 5.91 Å². The number of hydrogen-bond acceptors (Lipinski definition) is 5. The van der Waals surface area contributed by atoms with Gasteiger partial charge < -0.3 is 9.47 Å². The van der Waals surface area contributed by atoms with Gasteiger partial charge in [0.25, 0.3) is 5.91 Å². The van der Waals surface area contributed by atoms with Gasteiger partial charge in [-0.2, -0.15) is 5.10 Å². The van der Waals surface area contributed by atoms with E-state index < -0.39 is 5.97 Å². The minimum Gasteiger partial charge on any atom is -0.489 e. The zero-order valence-corrected chi connectivity index (χ0v) is 20.4. The monoisotopic (exact) mass is 518 g/mol. The molecule has 36 heavy (non-hydrogen) atoms. The first-order chi connectivity index (χ1) is 17.5. The van der Waals surface area contributed by atoms with Crippen molar-refractivity contribution in [3.8, 4) is 11.5 Å². The van der Waals surface area contributed by atoms with Crippen LogP contribution in [0.5, 0.6) is 11.5 Å². The lowest BCUT2D eigenvalue weighted by Crippen LogP contribution is -2.17. The summed E-state index contributed by atoms with van der Waals surface area (Å²) in [5.41, 5.74) is 4.91. The number of carbonyl (C=O) groups excluding carboxylic acids is 2. The standard InChI is InChI=1S/C28H20Cl2N2O4/c29-23-10-4-19(5-11-23)18-35-25-14-8-21(9-15-25)27(33)32-31-17-20-2-1-3-26(16-20)36-28(34)22-6-12-24(30)13-7-22/h1-17H,18H2,(H,32,33)/b31-17+. The van der Waals surface area contributed by atoms with Crippen molar-refractivity contribution in [3.63, 3.8) is 0 Å². The van der Waals surface area contributed by atoms with Crippen LogP contribution in [0.2, 0.25) is 10.0 Å². The number of ether oxygens (including phenoxy) is 2. The first kappa shape index (κ1) is 25.0. The van der Waals surface area contributed by atoms with Crippen molar-refractivity contribution in [2.45, 2.75) is 6.61 Å². The second-order valence-corrected chi connectivity index (χ2v) is 8.48. The summed E-state index contributed by atoms with van der Waals surface area (Å²) in [4.78, 5) is 24.7. The quantitative estimate of drug-likeness (QED) is 0.124.